The van der Waals surface area contributed by atoms with Crippen molar-refractivity contribution in [3.8, 4) is 0 Å². The zero-order valence-electron chi connectivity index (χ0n) is 16.5. The summed E-state index contributed by atoms with van der Waals surface area (Å²) < 4.78 is 13.0. The number of nitrogens with one attached hydrogen (secondary N) is 1. The third kappa shape index (κ3) is 4.77. The highest BCUT2D eigenvalue weighted by Gasteiger charge is 2.34. The third-order valence-corrected chi connectivity index (χ3v) is 5.53. The molecule has 0 aromatic heterocycles. The molecule has 5 heteroatoms. The van der Waals surface area contributed by atoms with Gasteiger partial charge in [-0.05, 0) is 48.1 Å². The molecule has 1 aliphatic rings. The number of benzene rings is 2. The molecule has 148 valence electrons. The lowest BCUT2D eigenvalue weighted by atomic mass is 9.96. The molecule has 2 atom stereocenters. The average Bonchev–Trinajstić information content (AvgIpc) is 3.08. The van der Waals surface area contributed by atoms with E-state index in [1.165, 1.54) is 12.1 Å². The molecule has 0 spiro atoms. The number of carbonyl (C=O) groups excluding carboxylic acids is 2. The molecular formula is C23H27FN2O2. The fourth-order valence-corrected chi connectivity index (χ4v) is 3.57. The minimum atomic E-state index is -0.342. The second-order valence-corrected chi connectivity index (χ2v) is 7.50. The highest BCUT2D eigenvalue weighted by Crippen LogP contribution is 2.28. The fourth-order valence-electron chi connectivity index (χ4n) is 3.57. The van der Waals surface area contributed by atoms with Crippen LogP contribution in [0.3, 0.4) is 0 Å². The Hall–Kier alpha value is -2.69. The number of halogens is 1. The number of para-hydroxylation sites is 1. The summed E-state index contributed by atoms with van der Waals surface area (Å²) in [6, 6.07) is 14.2. The zero-order chi connectivity index (χ0) is 20.1. The minimum Gasteiger partial charge on any atom is -0.342 e. The van der Waals surface area contributed by atoms with Gasteiger partial charge in [0.05, 0.1) is 5.92 Å². The first-order valence-electron chi connectivity index (χ1n) is 9.90. The quantitative estimate of drug-likeness (QED) is 0.773. The summed E-state index contributed by atoms with van der Waals surface area (Å²) in [7, 11) is 0. The number of anilines is 1. The molecule has 0 aliphatic carbocycles. The third-order valence-electron chi connectivity index (χ3n) is 5.53. The van der Waals surface area contributed by atoms with Crippen LogP contribution in [-0.2, 0) is 16.0 Å². The van der Waals surface area contributed by atoms with Crippen LogP contribution in [0.25, 0.3) is 0 Å². The van der Waals surface area contributed by atoms with Crippen LogP contribution in [-0.4, -0.2) is 29.8 Å². The van der Waals surface area contributed by atoms with Crippen molar-refractivity contribution in [2.24, 2.45) is 5.92 Å². The second kappa shape index (κ2) is 9.00. The molecule has 1 heterocycles. The van der Waals surface area contributed by atoms with Crippen LogP contribution >= 0.6 is 0 Å². The van der Waals surface area contributed by atoms with Gasteiger partial charge in [-0.1, -0.05) is 44.2 Å². The van der Waals surface area contributed by atoms with Crippen molar-refractivity contribution in [2.75, 3.05) is 18.4 Å². The summed E-state index contributed by atoms with van der Waals surface area (Å²) in [6.07, 6.45) is 1.88. The van der Waals surface area contributed by atoms with Gasteiger partial charge in [-0.2, -0.15) is 0 Å². The van der Waals surface area contributed by atoms with Gasteiger partial charge < -0.3 is 10.2 Å². The Morgan fingerprint density at radius 1 is 1.21 bits per heavy atom. The van der Waals surface area contributed by atoms with E-state index in [4.69, 9.17) is 0 Å². The molecule has 1 N–H and O–H groups in total. The number of amides is 2. The lowest BCUT2D eigenvalue weighted by Crippen LogP contribution is -2.30. The molecule has 4 nitrogen and oxygen atoms in total. The van der Waals surface area contributed by atoms with Crippen molar-refractivity contribution < 1.29 is 14.0 Å². The van der Waals surface area contributed by atoms with Crippen LogP contribution in [0, 0.1) is 11.7 Å². The van der Waals surface area contributed by atoms with E-state index < -0.39 is 0 Å². The fraction of sp³-hybridized carbons (Fsp3) is 0.391. The molecule has 0 bridgehead atoms. The maximum absolute atomic E-state index is 13.0. The summed E-state index contributed by atoms with van der Waals surface area (Å²) in [4.78, 5) is 26.8. The molecular weight excluding hydrogens is 355 g/mol. The van der Waals surface area contributed by atoms with Gasteiger partial charge >= 0.3 is 0 Å². The first-order chi connectivity index (χ1) is 13.5. The number of hydrogen-bond acceptors (Lipinski definition) is 2. The van der Waals surface area contributed by atoms with Crippen LogP contribution in [0.4, 0.5) is 10.1 Å². The van der Waals surface area contributed by atoms with Crippen molar-refractivity contribution in [1.29, 1.82) is 0 Å². The molecule has 0 radical (unpaired) electrons. The number of likely N-dealkylation sites (tertiary alicyclic amines) is 1. The van der Waals surface area contributed by atoms with Crippen molar-refractivity contribution >= 4 is 17.5 Å². The lowest BCUT2D eigenvalue weighted by molar-refractivity contribution is -0.128. The summed E-state index contributed by atoms with van der Waals surface area (Å²) in [6.45, 7) is 5.23. The van der Waals surface area contributed by atoms with Crippen LogP contribution in [0.5, 0.6) is 0 Å². The van der Waals surface area contributed by atoms with Crippen molar-refractivity contribution in [1.82, 2.24) is 4.90 Å². The predicted molar refractivity (Wildman–Crippen MR) is 109 cm³/mol. The number of rotatable bonds is 7. The Morgan fingerprint density at radius 2 is 1.93 bits per heavy atom. The largest absolute Gasteiger partial charge is 0.342 e. The summed E-state index contributed by atoms with van der Waals surface area (Å²) in [5, 5.41) is 3.03. The second-order valence-electron chi connectivity index (χ2n) is 7.50. The van der Waals surface area contributed by atoms with E-state index in [0.29, 0.717) is 25.4 Å². The number of hydrogen-bond donors (Lipinski definition) is 1. The molecule has 0 unspecified atom stereocenters. The van der Waals surface area contributed by atoms with Gasteiger partial charge in [0.2, 0.25) is 11.8 Å². The standard InChI is InChI=1S/C23H27FN2O2/c1-3-16(2)20-6-4-5-7-21(20)25-23(28)18-14-22(27)26(15-18)13-12-17-8-10-19(24)11-9-17/h4-11,16,18H,3,12-15H2,1-2H3,(H,25,28)/t16-,18+/m1/s1. The summed E-state index contributed by atoms with van der Waals surface area (Å²) >= 11 is 0. The summed E-state index contributed by atoms with van der Waals surface area (Å²) in [5.41, 5.74) is 2.93. The van der Waals surface area contributed by atoms with Crippen LogP contribution in [0.2, 0.25) is 0 Å². The van der Waals surface area contributed by atoms with Crippen molar-refractivity contribution in [3.63, 3.8) is 0 Å². The van der Waals surface area contributed by atoms with E-state index in [2.05, 4.69) is 19.2 Å². The molecule has 2 aromatic rings. The molecule has 1 saturated heterocycles. The van der Waals surface area contributed by atoms with Crippen LogP contribution in [0.1, 0.15) is 43.7 Å². The Labute approximate surface area is 165 Å². The molecule has 2 amide bonds. The first kappa shape index (κ1) is 20.1. The van der Waals surface area contributed by atoms with Gasteiger partial charge in [0.25, 0.3) is 0 Å². The Kier molecular flexibility index (Phi) is 6.45. The Balaban J connectivity index is 1.59. The lowest BCUT2D eigenvalue weighted by Gasteiger charge is -2.18. The SMILES string of the molecule is CC[C@@H](C)c1ccccc1NC(=O)[C@H]1CC(=O)N(CCc2ccc(F)cc2)C1. The van der Waals surface area contributed by atoms with Crippen LogP contribution in [0.15, 0.2) is 48.5 Å². The van der Waals surface area contributed by atoms with E-state index in [-0.39, 0.29) is 30.0 Å². The summed E-state index contributed by atoms with van der Waals surface area (Å²) in [5.74, 6) is -0.360. The van der Waals surface area contributed by atoms with Crippen molar-refractivity contribution in [3.05, 3.63) is 65.5 Å². The van der Waals surface area contributed by atoms with Crippen LogP contribution < -0.4 is 5.32 Å². The molecule has 28 heavy (non-hydrogen) atoms. The molecule has 1 aliphatic heterocycles. The number of nitrogens with zero attached hydrogens (tertiary/aromatic N) is 1. The number of carbonyl (C=O) groups is 2. The minimum absolute atomic E-state index is 0.00234. The van der Waals surface area contributed by atoms with E-state index in [0.717, 1.165) is 23.2 Å². The van der Waals surface area contributed by atoms with Gasteiger partial charge in [0.1, 0.15) is 5.82 Å². The van der Waals surface area contributed by atoms with E-state index >= 15 is 0 Å². The average molecular weight is 382 g/mol. The zero-order valence-corrected chi connectivity index (χ0v) is 16.5. The Bertz CT molecular complexity index is 835. The Morgan fingerprint density at radius 3 is 2.64 bits per heavy atom. The maximum Gasteiger partial charge on any atom is 0.229 e. The first-order valence-corrected chi connectivity index (χ1v) is 9.90. The van der Waals surface area contributed by atoms with Gasteiger partial charge in [0, 0.05) is 25.2 Å². The van der Waals surface area contributed by atoms with E-state index in [9.17, 15) is 14.0 Å². The smallest absolute Gasteiger partial charge is 0.229 e. The molecule has 2 aromatic carbocycles. The predicted octanol–water partition coefficient (Wildman–Crippen LogP) is 4.37. The highest BCUT2D eigenvalue weighted by atomic mass is 19.1. The molecule has 3 rings (SSSR count). The topological polar surface area (TPSA) is 49.4 Å². The monoisotopic (exact) mass is 382 g/mol. The maximum atomic E-state index is 13.0. The van der Waals surface area contributed by atoms with Gasteiger partial charge in [0.15, 0.2) is 0 Å². The normalized spacial score (nSPS) is 17.6. The molecule has 1 fully saturated rings. The van der Waals surface area contributed by atoms with Gasteiger partial charge in [-0.25, -0.2) is 4.39 Å². The van der Waals surface area contributed by atoms with Crippen molar-refractivity contribution in [2.45, 2.75) is 39.0 Å². The molecule has 0 saturated carbocycles. The van der Waals surface area contributed by atoms with Gasteiger partial charge in [-0.3, -0.25) is 9.59 Å². The van der Waals surface area contributed by atoms with E-state index in [1.807, 2.05) is 24.3 Å². The highest BCUT2D eigenvalue weighted by molar-refractivity contribution is 5.97. The van der Waals surface area contributed by atoms with Gasteiger partial charge in [-0.15, -0.1) is 0 Å². The van der Waals surface area contributed by atoms with E-state index in [1.54, 1.807) is 17.0 Å².